The maximum atomic E-state index is 9.98. The van der Waals surface area contributed by atoms with Gasteiger partial charge in [-0.15, -0.1) is 0 Å². The fourth-order valence-electron chi connectivity index (χ4n) is 2.65. The summed E-state index contributed by atoms with van der Waals surface area (Å²) >= 11 is 0. The molecule has 4 nitrogen and oxygen atoms in total. The van der Waals surface area contributed by atoms with Crippen molar-refractivity contribution < 1.29 is 9.84 Å². The van der Waals surface area contributed by atoms with Gasteiger partial charge in [0.05, 0.1) is 12.7 Å². The molecule has 19 heavy (non-hydrogen) atoms. The molecule has 2 atom stereocenters. The van der Waals surface area contributed by atoms with Gasteiger partial charge in [0.1, 0.15) is 0 Å². The molecule has 4 heteroatoms. The lowest BCUT2D eigenvalue weighted by molar-refractivity contribution is 0.00563. The molecule has 1 heterocycles. The third-order valence-electron chi connectivity index (χ3n) is 3.64. The van der Waals surface area contributed by atoms with Crippen LogP contribution < -0.4 is 5.32 Å². The second-order valence-corrected chi connectivity index (χ2v) is 6.01. The molecule has 0 saturated carbocycles. The summed E-state index contributed by atoms with van der Waals surface area (Å²) in [5, 5.41) is 13.5. The van der Waals surface area contributed by atoms with E-state index in [1.54, 1.807) is 0 Å². The molecule has 2 unspecified atom stereocenters. The van der Waals surface area contributed by atoms with Crippen LogP contribution in [0.3, 0.4) is 0 Å². The van der Waals surface area contributed by atoms with Crippen molar-refractivity contribution in [3.63, 3.8) is 0 Å². The zero-order valence-corrected chi connectivity index (χ0v) is 12.9. The summed E-state index contributed by atoms with van der Waals surface area (Å²) in [6.45, 7) is 11.5. The Morgan fingerprint density at radius 3 is 2.84 bits per heavy atom. The molecular weight excluding hydrogens is 240 g/mol. The standard InChI is InChI=1S/C15H32N2O2/c1-4-19-12-15(18)11-17-8-6-5-7-14(17)10-16-9-13(2)3/h13-16,18H,4-12H2,1-3H3. The third-order valence-corrected chi connectivity index (χ3v) is 3.64. The molecule has 1 aliphatic heterocycles. The van der Waals surface area contributed by atoms with E-state index in [-0.39, 0.29) is 6.10 Å². The molecule has 1 saturated heterocycles. The van der Waals surface area contributed by atoms with E-state index in [1.165, 1.54) is 19.3 Å². The van der Waals surface area contributed by atoms with Gasteiger partial charge in [0.25, 0.3) is 0 Å². The van der Waals surface area contributed by atoms with Crippen LogP contribution in [-0.2, 0) is 4.74 Å². The molecular formula is C15H32N2O2. The third kappa shape index (κ3) is 7.25. The zero-order valence-electron chi connectivity index (χ0n) is 12.9. The molecule has 0 aromatic rings. The van der Waals surface area contributed by atoms with Gasteiger partial charge in [0, 0.05) is 25.7 Å². The Morgan fingerprint density at radius 1 is 1.37 bits per heavy atom. The predicted molar refractivity (Wildman–Crippen MR) is 79.4 cm³/mol. The number of hydrogen-bond donors (Lipinski definition) is 2. The van der Waals surface area contributed by atoms with Crippen molar-refractivity contribution >= 4 is 0 Å². The number of hydrogen-bond acceptors (Lipinski definition) is 4. The van der Waals surface area contributed by atoms with Crippen LogP contribution in [0.25, 0.3) is 0 Å². The van der Waals surface area contributed by atoms with Crippen LogP contribution in [0.4, 0.5) is 0 Å². The molecule has 0 spiro atoms. The molecule has 0 bridgehead atoms. The quantitative estimate of drug-likeness (QED) is 0.667. The monoisotopic (exact) mass is 272 g/mol. The lowest BCUT2D eigenvalue weighted by Crippen LogP contribution is -2.49. The number of likely N-dealkylation sites (tertiary alicyclic amines) is 1. The van der Waals surface area contributed by atoms with Crippen LogP contribution in [0.15, 0.2) is 0 Å². The van der Waals surface area contributed by atoms with Gasteiger partial charge in [0.2, 0.25) is 0 Å². The molecule has 0 aromatic heterocycles. The van der Waals surface area contributed by atoms with Crippen LogP contribution in [0.1, 0.15) is 40.0 Å². The maximum absolute atomic E-state index is 9.98. The number of aliphatic hydroxyl groups excluding tert-OH is 1. The van der Waals surface area contributed by atoms with E-state index in [9.17, 15) is 5.11 Å². The summed E-state index contributed by atoms with van der Waals surface area (Å²) in [7, 11) is 0. The van der Waals surface area contributed by atoms with Crippen molar-refractivity contribution in [3.05, 3.63) is 0 Å². The molecule has 2 N–H and O–H groups in total. The van der Waals surface area contributed by atoms with E-state index >= 15 is 0 Å². The summed E-state index contributed by atoms with van der Waals surface area (Å²) in [6, 6.07) is 0.573. The van der Waals surface area contributed by atoms with Crippen molar-refractivity contribution in [1.82, 2.24) is 10.2 Å². The first kappa shape index (κ1) is 16.9. The summed E-state index contributed by atoms with van der Waals surface area (Å²) in [4.78, 5) is 2.43. The number of nitrogens with one attached hydrogen (secondary N) is 1. The number of piperidine rings is 1. The number of nitrogens with zero attached hydrogens (tertiary/aromatic N) is 1. The van der Waals surface area contributed by atoms with Gasteiger partial charge in [-0.05, 0) is 38.8 Å². The van der Waals surface area contributed by atoms with Gasteiger partial charge in [-0.25, -0.2) is 0 Å². The summed E-state index contributed by atoms with van der Waals surface area (Å²) < 4.78 is 5.29. The van der Waals surface area contributed by atoms with E-state index in [2.05, 4.69) is 24.1 Å². The highest BCUT2D eigenvalue weighted by Crippen LogP contribution is 2.16. The summed E-state index contributed by atoms with van der Waals surface area (Å²) in [6.07, 6.45) is 3.45. The van der Waals surface area contributed by atoms with Crippen LogP contribution in [0.5, 0.6) is 0 Å². The molecule has 0 radical (unpaired) electrons. The first-order valence-electron chi connectivity index (χ1n) is 7.84. The lowest BCUT2D eigenvalue weighted by Gasteiger charge is -2.37. The molecule has 0 amide bonds. The minimum Gasteiger partial charge on any atom is -0.389 e. The van der Waals surface area contributed by atoms with Gasteiger partial charge >= 0.3 is 0 Å². The van der Waals surface area contributed by atoms with E-state index in [1.807, 2.05) is 6.92 Å². The molecule has 1 aliphatic rings. The molecule has 0 aromatic carbocycles. The topological polar surface area (TPSA) is 44.7 Å². The Morgan fingerprint density at radius 2 is 2.16 bits per heavy atom. The Kier molecular flexibility index (Phi) is 8.62. The highest BCUT2D eigenvalue weighted by molar-refractivity contribution is 4.80. The van der Waals surface area contributed by atoms with Gasteiger partial charge in [0.15, 0.2) is 0 Å². The molecule has 0 aliphatic carbocycles. The van der Waals surface area contributed by atoms with E-state index < -0.39 is 0 Å². The average molecular weight is 272 g/mol. The van der Waals surface area contributed by atoms with Crippen LogP contribution in [0.2, 0.25) is 0 Å². The Bertz CT molecular complexity index is 224. The summed E-state index contributed by atoms with van der Waals surface area (Å²) in [5.41, 5.74) is 0. The van der Waals surface area contributed by atoms with Crippen molar-refractivity contribution in [2.75, 3.05) is 39.4 Å². The smallest absolute Gasteiger partial charge is 0.0900 e. The van der Waals surface area contributed by atoms with Crippen LogP contribution in [-0.4, -0.2) is 61.5 Å². The Balaban J connectivity index is 2.30. The van der Waals surface area contributed by atoms with Crippen molar-refractivity contribution in [1.29, 1.82) is 0 Å². The normalized spacial score (nSPS) is 22.9. The Labute approximate surface area is 118 Å². The van der Waals surface area contributed by atoms with Crippen LogP contribution in [0, 0.1) is 5.92 Å². The van der Waals surface area contributed by atoms with E-state index in [4.69, 9.17) is 4.74 Å². The van der Waals surface area contributed by atoms with E-state index in [0.29, 0.717) is 25.2 Å². The molecule has 114 valence electrons. The number of ether oxygens (including phenoxy) is 1. The van der Waals surface area contributed by atoms with E-state index in [0.717, 1.165) is 26.2 Å². The minimum absolute atomic E-state index is 0.356. The predicted octanol–water partition coefficient (Wildman–Crippen LogP) is 1.48. The average Bonchev–Trinajstić information content (AvgIpc) is 2.38. The number of rotatable bonds is 9. The summed E-state index contributed by atoms with van der Waals surface area (Å²) in [5.74, 6) is 0.695. The maximum Gasteiger partial charge on any atom is 0.0900 e. The minimum atomic E-state index is -0.356. The highest BCUT2D eigenvalue weighted by Gasteiger charge is 2.23. The van der Waals surface area contributed by atoms with Gasteiger partial charge in [-0.2, -0.15) is 0 Å². The molecule has 1 fully saturated rings. The first-order valence-corrected chi connectivity index (χ1v) is 7.84. The van der Waals surface area contributed by atoms with Gasteiger partial charge in [-0.1, -0.05) is 20.3 Å². The zero-order chi connectivity index (χ0) is 14.1. The van der Waals surface area contributed by atoms with Gasteiger partial charge < -0.3 is 15.2 Å². The second kappa shape index (κ2) is 9.70. The van der Waals surface area contributed by atoms with Crippen LogP contribution >= 0.6 is 0 Å². The molecule has 1 rings (SSSR count). The Hall–Kier alpha value is -0.160. The lowest BCUT2D eigenvalue weighted by atomic mass is 10.0. The first-order chi connectivity index (χ1) is 9.13. The second-order valence-electron chi connectivity index (χ2n) is 6.01. The highest BCUT2D eigenvalue weighted by atomic mass is 16.5. The van der Waals surface area contributed by atoms with Crippen molar-refractivity contribution in [2.24, 2.45) is 5.92 Å². The largest absolute Gasteiger partial charge is 0.389 e. The number of β-amino-alcohol motifs (C(OH)–C–C–N with tert-alkyl or cyclic N) is 1. The fourth-order valence-corrected chi connectivity index (χ4v) is 2.65. The van der Waals surface area contributed by atoms with Gasteiger partial charge in [-0.3, -0.25) is 4.90 Å². The number of aliphatic hydroxyl groups is 1. The SMILES string of the molecule is CCOCC(O)CN1CCCCC1CNCC(C)C. The fraction of sp³-hybridized carbons (Fsp3) is 1.00. The van der Waals surface area contributed by atoms with Crippen molar-refractivity contribution in [2.45, 2.75) is 52.2 Å². The van der Waals surface area contributed by atoms with Crippen molar-refractivity contribution in [3.8, 4) is 0 Å².